The Kier molecular flexibility index (Phi) is 8.03. The monoisotopic (exact) mass is 443 g/mol. The zero-order chi connectivity index (χ0) is 23.7. The summed E-state index contributed by atoms with van der Waals surface area (Å²) in [5.41, 5.74) is 2.95. The second kappa shape index (κ2) is 11.1. The average Bonchev–Trinajstić information content (AvgIpc) is 2.82. The molecule has 170 valence electrons. The molecule has 0 radical (unpaired) electrons. The van der Waals surface area contributed by atoms with Gasteiger partial charge >= 0.3 is 5.97 Å². The number of aliphatic carboxylic acids is 1. The maximum atomic E-state index is 13.1. The Morgan fingerprint density at radius 3 is 2.21 bits per heavy atom. The summed E-state index contributed by atoms with van der Waals surface area (Å²) in [5.74, 6) is -0.586. The zero-order valence-corrected chi connectivity index (χ0v) is 19.0. The van der Waals surface area contributed by atoms with Gasteiger partial charge in [-0.2, -0.15) is 0 Å². The highest BCUT2D eigenvalue weighted by atomic mass is 16.5. The lowest BCUT2D eigenvalue weighted by molar-refractivity contribution is -0.131. The van der Waals surface area contributed by atoms with Crippen molar-refractivity contribution in [3.05, 3.63) is 113 Å². The standard InChI is InChI=1S/C28H29NO4/c1-28(2,16-15-26(30)31)18-23-13-14-24(33-20-22-11-7-4-8-12-22)17-25(23)27(32)29-19-21-9-5-3-6-10-21/h3-17H,18-20H2,1-2H3,(H,29,32)(H,30,31). The zero-order valence-electron chi connectivity index (χ0n) is 19.0. The van der Waals surface area contributed by atoms with Gasteiger partial charge in [-0.05, 0) is 40.7 Å². The van der Waals surface area contributed by atoms with E-state index in [1.54, 1.807) is 12.1 Å². The molecule has 0 heterocycles. The van der Waals surface area contributed by atoms with Crippen LogP contribution in [0.15, 0.2) is 91.0 Å². The molecule has 0 aromatic heterocycles. The second-order valence-electron chi connectivity index (χ2n) is 8.60. The molecule has 0 bridgehead atoms. The van der Waals surface area contributed by atoms with Crippen molar-refractivity contribution >= 4 is 11.9 Å². The summed E-state index contributed by atoms with van der Waals surface area (Å²) in [6.45, 7) is 4.70. The van der Waals surface area contributed by atoms with Crippen LogP contribution in [0, 0.1) is 5.41 Å². The molecule has 0 saturated heterocycles. The van der Waals surface area contributed by atoms with Crippen molar-refractivity contribution in [2.24, 2.45) is 5.41 Å². The third-order valence-electron chi connectivity index (χ3n) is 5.19. The van der Waals surface area contributed by atoms with Gasteiger partial charge in [0.2, 0.25) is 0 Å². The van der Waals surface area contributed by atoms with Crippen molar-refractivity contribution in [3.63, 3.8) is 0 Å². The molecule has 33 heavy (non-hydrogen) atoms. The van der Waals surface area contributed by atoms with E-state index in [2.05, 4.69) is 5.32 Å². The number of nitrogens with one attached hydrogen (secondary N) is 1. The molecule has 5 nitrogen and oxygen atoms in total. The van der Waals surface area contributed by atoms with Crippen LogP contribution in [0.1, 0.15) is 40.9 Å². The molecule has 3 aromatic rings. The van der Waals surface area contributed by atoms with Crippen LogP contribution in [-0.2, 0) is 24.4 Å². The topological polar surface area (TPSA) is 75.6 Å². The van der Waals surface area contributed by atoms with Crippen molar-refractivity contribution in [1.29, 1.82) is 0 Å². The summed E-state index contributed by atoms with van der Waals surface area (Å²) in [5, 5.41) is 12.0. The largest absolute Gasteiger partial charge is 0.489 e. The highest BCUT2D eigenvalue weighted by Crippen LogP contribution is 2.28. The Hall–Kier alpha value is -3.86. The van der Waals surface area contributed by atoms with E-state index in [4.69, 9.17) is 9.84 Å². The normalized spacial score (nSPS) is 11.3. The molecule has 0 saturated carbocycles. The maximum absolute atomic E-state index is 13.1. The Labute approximate surface area is 194 Å². The van der Waals surface area contributed by atoms with E-state index in [1.165, 1.54) is 0 Å². The first kappa shape index (κ1) is 23.8. The molecule has 0 aliphatic rings. The molecule has 0 fully saturated rings. The van der Waals surface area contributed by atoms with Gasteiger partial charge in [0.05, 0.1) is 0 Å². The van der Waals surface area contributed by atoms with Crippen LogP contribution < -0.4 is 10.1 Å². The summed E-state index contributed by atoms with van der Waals surface area (Å²) >= 11 is 0. The molecule has 2 N–H and O–H groups in total. The molecule has 1 amide bonds. The molecule has 5 heteroatoms. The van der Waals surface area contributed by atoms with Gasteiger partial charge in [-0.3, -0.25) is 4.79 Å². The van der Waals surface area contributed by atoms with E-state index in [0.717, 1.165) is 22.8 Å². The van der Waals surface area contributed by atoms with Crippen LogP contribution in [0.5, 0.6) is 5.75 Å². The van der Waals surface area contributed by atoms with E-state index in [9.17, 15) is 9.59 Å². The molecular weight excluding hydrogens is 414 g/mol. The second-order valence-corrected chi connectivity index (χ2v) is 8.60. The first-order chi connectivity index (χ1) is 15.8. The smallest absolute Gasteiger partial charge is 0.327 e. The van der Waals surface area contributed by atoms with Crippen LogP contribution in [0.4, 0.5) is 0 Å². The number of allylic oxidation sites excluding steroid dienone is 1. The summed E-state index contributed by atoms with van der Waals surface area (Å²) < 4.78 is 5.94. The Morgan fingerprint density at radius 2 is 1.58 bits per heavy atom. The SMILES string of the molecule is CC(C)(C=CC(=O)O)Cc1ccc(OCc2ccccc2)cc1C(=O)NCc1ccccc1. The van der Waals surface area contributed by atoms with Crippen molar-refractivity contribution in [1.82, 2.24) is 5.32 Å². The number of carboxylic acid groups (broad SMARTS) is 1. The number of carbonyl (C=O) groups excluding carboxylic acids is 1. The molecule has 0 aliphatic heterocycles. The van der Waals surface area contributed by atoms with Crippen LogP contribution >= 0.6 is 0 Å². The lowest BCUT2D eigenvalue weighted by Gasteiger charge is -2.22. The number of benzene rings is 3. The predicted molar refractivity (Wildman–Crippen MR) is 129 cm³/mol. The average molecular weight is 444 g/mol. The number of ether oxygens (including phenoxy) is 1. The predicted octanol–water partition coefficient (Wildman–Crippen LogP) is 5.41. The van der Waals surface area contributed by atoms with Crippen molar-refractivity contribution in [2.75, 3.05) is 0 Å². The molecule has 0 aliphatic carbocycles. The van der Waals surface area contributed by atoms with Crippen LogP contribution in [0.2, 0.25) is 0 Å². The summed E-state index contributed by atoms with van der Waals surface area (Å²) in [6, 6.07) is 25.0. The van der Waals surface area contributed by atoms with Gasteiger partial charge in [0, 0.05) is 18.2 Å². The van der Waals surface area contributed by atoms with Crippen molar-refractivity contribution in [3.8, 4) is 5.75 Å². The molecule has 0 unspecified atom stereocenters. The van der Waals surface area contributed by atoms with Crippen molar-refractivity contribution < 1.29 is 19.4 Å². The fourth-order valence-electron chi connectivity index (χ4n) is 3.47. The quantitative estimate of drug-likeness (QED) is 0.411. The van der Waals surface area contributed by atoms with Crippen LogP contribution in [0.3, 0.4) is 0 Å². The number of amides is 1. The van der Waals surface area contributed by atoms with Crippen LogP contribution in [-0.4, -0.2) is 17.0 Å². The van der Waals surface area contributed by atoms with E-state index in [0.29, 0.717) is 30.9 Å². The highest BCUT2D eigenvalue weighted by Gasteiger charge is 2.21. The number of carbonyl (C=O) groups is 2. The molecule has 3 aromatic carbocycles. The van der Waals surface area contributed by atoms with E-state index in [-0.39, 0.29) is 5.91 Å². The Bertz CT molecular complexity index is 1110. The van der Waals surface area contributed by atoms with Gasteiger partial charge in [-0.1, -0.05) is 86.7 Å². The van der Waals surface area contributed by atoms with Crippen LogP contribution in [0.25, 0.3) is 0 Å². The molecule has 0 atom stereocenters. The van der Waals surface area contributed by atoms with Gasteiger partial charge < -0.3 is 15.2 Å². The summed E-state index contributed by atoms with van der Waals surface area (Å²) in [6.07, 6.45) is 3.30. The third kappa shape index (κ3) is 7.65. The van der Waals surface area contributed by atoms with Crippen molar-refractivity contribution in [2.45, 2.75) is 33.4 Å². The maximum Gasteiger partial charge on any atom is 0.327 e. The lowest BCUT2D eigenvalue weighted by atomic mass is 9.83. The number of hydrogen-bond donors (Lipinski definition) is 2. The van der Waals surface area contributed by atoms with Gasteiger partial charge in [0.15, 0.2) is 0 Å². The van der Waals surface area contributed by atoms with E-state index in [1.807, 2.05) is 86.6 Å². The minimum atomic E-state index is -0.992. The first-order valence-corrected chi connectivity index (χ1v) is 10.9. The summed E-state index contributed by atoms with van der Waals surface area (Å²) in [7, 11) is 0. The van der Waals surface area contributed by atoms with Gasteiger partial charge in [-0.15, -0.1) is 0 Å². The molecule has 0 spiro atoms. The fourth-order valence-corrected chi connectivity index (χ4v) is 3.47. The van der Waals surface area contributed by atoms with Gasteiger partial charge in [-0.25, -0.2) is 4.79 Å². The van der Waals surface area contributed by atoms with E-state index >= 15 is 0 Å². The minimum Gasteiger partial charge on any atom is -0.489 e. The lowest BCUT2D eigenvalue weighted by Crippen LogP contribution is -2.25. The van der Waals surface area contributed by atoms with Gasteiger partial charge in [0.25, 0.3) is 5.91 Å². The molecular formula is C28H29NO4. The van der Waals surface area contributed by atoms with Gasteiger partial charge in [0.1, 0.15) is 12.4 Å². The summed E-state index contributed by atoms with van der Waals surface area (Å²) in [4.78, 5) is 24.1. The number of hydrogen-bond acceptors (Lipinski definition) is 3. The Balaban J connectivity index is 1.82. The number of carboxylic acids is 1. The van der Waals surface area contributed by atoms with E-state index < -0.39 is 11.4 Å². The minimum absolute atomic E-state index is 0.197. The third-order valence-corrected chi connectivity index (χ3v) is 5.19. The fraction of sp³-hybridized carbons (Fsp3) is 0.214. The molecule has 3 rings (SSSR count). The number of rotatable bonds is 10. The first-order valence-electron chi connectivity index (χ1n) is 10.9. The highest BCUT2D eigenvalue weighted by molar-refractivity contribution is 5.96. The Morgan fingerprint density at radius 1 is 0.939 bits per heavy atom.